The molecule has 0 aliphatic rings. The quantitative estimate of drug-likeness (QED) is 0.226. The first-order chi connectivity index (χ1) is 11.3. The lowest BCUT2D eigenvalue weighted by molar-refractivity contribution is -0.139. The molecule has 2 N–H and O–H groups in total. The van der Waals surface area contributed by atoms with Crippen molar-refractivity contribution in [2.45, 2.75) is 19.8 Å². The van der Waals surface area contributed by atoms with E-state index in [0.29, 0.717) is 6.42 Å². The van der Waals surface area contributed by atoms with Gasteiger partial charge < -0.3 is 9.47 Å². The monoisotopic (exact) mass is 402 g/mol. The number of esters is 2. The Labute approximate surface area is 147 Å². The highest BCUT2D eigenvalue weighted by molar-refractivity contribution is 7.86. The van der Waals surface area contributed by atoms with Gasteiger partial charge in [0.1, 0.15) is 12.4 Å². The van der Waals surface area contributed by atoms with Crippen molar-refractivity contribution < 1.29 is 45.0 Å². The van der Waals surface area contributed by atoms with E-state index in [9.17, 15) is 26.4 Å². The van der Waals surface area contributed by atoms with E-state index in [1.165, 1.54) is 6.92 Å². The van der Waals surface area contributed by atoms with Gasteiger partial charge in [-0.15, -0.1) is 0 Å². The lowest BCUT2D eigenvalue weighted by atomic mass is 10.4. The Bertz CT molecular complexity index is 661. The SMILES string of the molecule is C=C(C)C(=O)OCCS(=O)(=O)O.C=CC(=O)OCCCCS(=O)(=O)O. The number of ether oxygens (including phenoxy) is 2. The Balaban J connectivity index is 0. The van der Waals surface area contributed by atoms with Crippen LogP contribution in [-0.2, 0) is 39.3 Å². The average Bonchev–Trinajstić information content (AvgIpc) is 2.44. The largest absolute Gasteiger partial charge is 0.463 e. The molecule has 0 amide bonds. The van der Waals surface area contributed by atoms with Crippen LogP contribution in [0.15, 0.2) is 24.8 Å². The molecule has 0 rings (SSSR count). The molecule has 146 valence electrons. The zero-order valence-electron chi connectivity index (χ0n) is 13.7. The highest BCUT2D eigenvalue weighted by Crippen LogP contribution is 1.95. The molecule has 0 bridgehead atoms. The summed E-state index contributed by atoms with van der Waals surface area (Å²) in [6, 6.07) is 0. The number of unbranched alkanes of at least 4 members (excludes halogenated alkanes) is 1. The van der Waals surface area contributed by atoms with Crippen LogP contribution in [0.2, 0.25) is 0 Å². The molecule has 0 aromatic rings. The fourth-order valence-corrected chi connectivity index (χ4v) is 1.84. The normalized spacial score (nSPS) is 10.8. The third kappa shape index (κ3) is 22.2. The molecule has 0 radical (unpaired) electrons. The fourth-order valence-electron chi connectivity index (χ4n) is 0.981. The molecule has 0 atom stereocenters. The average molecular weight is 402 g/mol. The first-order valence-electron chi connectivity index (χ1n) is 6.80. The zero-order valence-corrected chi connectivity index (χ0v) is 15.3. The van der Waals surface area contributed by atoms with Crippen LogP contribution in [0.5, 0.6) is 0 Å². The summed E-state index contributed by atoms with van der Waals surface area (Å²) in [4.78, 5) is 21.1. The number of hydrogen-bond acceptors (Lipinski definition) is 8. The van der Waals surface area contributed by atoms with Crippen molar-refractivity contribution >= 4 is 32.2 Å². The third-order valence-corrected chi connectivity index (χ3v) is 3.62. The van der Waals surface area contributed by atoms with Gasteiger partial charge in [-0.2, -0.15) is 16.8 Å². The molecule has 0 aliphatic carbocycles. The summed E-state index contributed by atoms with van der Waals surface area (Å²) in [5.41, 5.74) is 0.185. The molecular weight excluding hydrogens is 380 g/mol. The summed E-state index contributed by atoms with van der Waals surface area (Å²) in [5.74, 6) is -2.10. The lowest BCUT2D eigenvalue weighted by Crippen LogP contribution is -2.14. The minimum atomic E-state index is -4.05. The molecule has 0 saturated carbocycles. The molecule has 0 aromatic carbocycles. The van der Waals surface area contributed by atoms with E-state index in [2.05, 4.69) is 22.6 Å². The summed E-state index contributed by atoms with van der Waals surface area (Å²) in [6.45, 7) is 7.69. The van der Waals surface area contributed by atoms with Crippen LogP contribution in [0.25, 0.3) is 0 Å². The predicted molar refractivity (Wildman–Crippen MR) is 89.0 cm³/mol. The second-order valence-electron chi connectivity index (χ2n) is 4.57. The van der Waals surface area contributed by atoms with E-state index in [-0.39, 0.29) is 31.0 Å². The Morgan fingerprint density at radius 1 is 0.960 bits per heavy atom. The van der Waals surface area contributed by atoms with Crippen molar-refractivity contribution in [2.75, 3.05) is 24.7 Å². The molecular formula is C13H22O10S2. The van der Waals surface area contributed by atoms with Gasteiger partial charge in [-0.05, 0) is 19.8 Å². The second kappa shape index (κ2) is 12.6. The Hall–Kier alpha value is -1.76. The summed E-state index contributed by atoms with van der Waals surface area (Å²) in [5, 5.41) is 0. The Kier molecular flexibility index (Phi) is 12.8. The molecule has 0 saturated heterocycles. The molecule has 0 unspecified atom stereocenters. The van der Waals surface area contributed by atoms with Crippen molar-refractivity contribution in [3.63, 3.8) is 0 Å². The van der Waals surface area contributed by atoms with Gasteiger partial charge in [-0.25, -0.2) is 9.59 Å². The highest BCUT2D eigenvalue weighted by Gasteiger charge is 2.07. The topological polar surface area (TPSA) is 161 Å². The van der Waals surface area contributed by atoms with Crippen LogP contribution in [-0.4, -0.2) is 62.6 Å². The summed E-state index contributed by atoms with van der Waals surface area (Å²) in [6.07, 6.45) is 1.70. The van der Waals surface area contributed by atoms with Crippen molar-refractivity contribution in [3.05, 3.63) is 24.8 Å². The van der Waals surface area contributed by atoms with Gasteiger partial charge in [-0.3, -0.25) is 9.11 Å². The van der Waals surface area contributed by atoms with E-state index < -0.39 is 37.9 Å². The zero-order chi connectivity index (χ0) is 20.1. The molecule has 0 aromatic heterocycles. The van der Waals surface area contributed by atoms with E-state index in [1.807, 2.05) is 0 Å². The van der Waals surface area contributed by atoms with Crippen molar-refractivity contribution in [2.24, 2.45) is 0 Å². The molecule has 10 nitrogen and oxygen atoms in total. The molecule has 0 spiro atoms. The van der Waals surface area contributed by atoms with Crippen LogP contribution in [0.1, 0.15) is 19.8 Å². The van der Waals surface area contributed by atoms with Gasteiger partial charge >= 0.3 is 11.9 Å². The van der Waals surface area contributed by atoms with Gasteiger partial charge in [0.05, 0.1) is 12.4 Å². The maximum absolute atomic E-state index is 10.6. The van der Waals surface area contributed by atoms with Crippen molar-refractivity contribution in [3.8, 4) is 0 Å². The van der Waals surface area contributed by atoms with Gasteiger partial charge in [0, 0.05) is 11.6 Å². The molecule has 25 heavy (non-hydrogen) atoms. The van der Waals surface area contributed by atoms with Crippen LogP contribution in [0, 0.1) is 0 Å². The Morgan fingerprint density at radius 2 is 1.48 bits per heavy atom. The summed E-state index contributed by atoms with van der Waals surface area (Å²) >= 11 is 0. The van der Waals surface area contributed by atoms with Crippen molar-refractivity contribution in [1.29, 1.82) is 0 Å². The third-order valence-electron chi connectivity index (χ3n) is 2.13. The first-order valence-corrected chi connectivity index (χ1v) is 10.0. The number of rotatable bonds is 10. The maximum atomic E-state index is 10.6. The van der Waals surface area contributed by atoms with Crippen LogP contribution in [0.3, 0.4) is 0 Å². The summed E-state index contributed by atoms with van der Waals surface area (Å²) < 4.78 is 66.2. The van der Waals surface area contributed by atoms with E-state index in [4.69, 9.17) is 9.11 Å². The van der Waals surface area contributed by atoms with Gasteiger partial charge in [-0.1, -0.05) is 13.2 Å². The first kappa shape index (κ1) is 25.5. The standard InChI is InChI=1S/C7H12O5S.C6H10O5S/c1-2-7(8)12-5-3-4-6-13(9,10)11;1-5(2)6(7)11-3-4-12(8,9)10/h2H,1,3-6H2,(H,9,10,11);1,3-4H2,2H3,(H,8,9,10). The molecule has 0 fully saturated rings. The number of carbonyl (C=O) groups is 2. The van der Waals surface area contributed by atoms with Gasteiger partial charge in [0.25, 0.3) is 20.2 Å². The predicted octanol–water partition coefficient (Wildman–Crippen LogP) is 0.377. The number of hydrogen-bond donors (Lipinski definition) is 2. The van der Waals surface area contributed by atoms with Gasteiger partial charge in [0.15, 0.2) is 0 Å². The molecule has 12 heteroatoms. The van der Waals surface area contributed by atoms with Crippen LogP contribution >= 0.6 is 0 Å². The smallest absolute Gasteiger partial charge is 0.333 e. The summed E-state index contributed by atoms with van der Waals surface area (Å²) in [7, 11) is -7.94. The minimum Gasteiger partial charge on any atom is -0.463 e. The van der Waals surface area contributed by atoms with E-state index in [0.717, 1.165) is 6.08 Å². The highest BCUT2D eigenvalue weighted by atomic mass is 32.2. The molecule has 0 heterocycles. The lowest BCUT2D eigenvalue weighted by Gasteiger charge is -2.01. The van der Waals surface area contributed by atoms with Crippen LogP contribution < -0.4 is 0 Å². The van der Waals surface area contributed by atoms with Crippen molar-refractivity contribution in [1.82, 2.24) is 0 Å². The van der Waals surface area contributed by atoms with Crippen LogP contribution in [0.4, 0.5) is 0 Å². The minimum absolute atomic E-state index is 0.139. The molecule has 0 aliphatic heterocycles. The van der Waals surface area contributed by atoms with E-state index >= 15 is 0 Å². The second-order valence-corrected chi connectivity index (χ2v) is 7.71. The maximum Gasteiger partial charge on any atom is 0.333 e. The fraction of sp³-hybridized carbons (Fsp3) is 0.538. The van der Waals surface area contributed by atoms with E-state index in [1.54, 1.807) is 0 Å². The number of carbonyl (C=O) groups excluding carboxylic acids is 2. The van der Waals surface area contributed by atoms with Gasteiger partial charge in [0.2, 0.25) is 0 Å². The Morgan fingerprint density at radius 3 is 1.88 bits per heavy atom.